The van der Waals surface area contributed by atoms with Gasteiger partial charge in [0.05, 0.1) is 0 Å². The summed E-state index contributed by atoms with van der Waals surface area (Å²) in [4.78, 5) is 38.1. The number of allylic oxidation sites excluding steroid dienone is 14. The molecule has 0 bridgehead atoms. The average Bonchev–Trinajstić information content (AvgIpc) is 3.37. The number of unbranched alkanes of at least 4 members (excludes halogenated alkanes) is 29. The second-order valence-corrected chi connectivity index (χ2v) is 19.9. The predicted molar refractivity (Wildman–Crippen MR) is 307 cm³/mol. The lowest BCUT2D eigenvalue weighted by molar-refractivity contribution is -0.167. The maximum absolute atomic E-state index is 12.8. The van der Waals surface area contributed by atoms with Crippen LogP contribution in [0.25, 0.3) is 0 Å². The van der Waals surface area contributed by atoms with E-state index in [2.05, 4.69) is 106 Å². The van der Waals surface area contributed by atoms with Crippen molar-refractivity contribution in [3.05, 3.63) is 85.1 Å². The third-order valence-corrected chi connectivity index (χ3v) is 12.8. The molecule has 0 aliphatic heterocycles. The van der Waals surface area contributed by atoms with Gasteiger partial charge in [-0.15, -0.1) is 0 Å². The summed E-state index contributed by atoms with van der Waals surface area (Å²) in [5.74, 6) is -0.898. The van der Waals surface area contributed by atoms with E-state index in [4.69, 9.17) is 14.2 Å². The zero-order valence-corrected chi connectivity index (χ0v) is 46.7. The van der Waals surface area contributed by atoms with Crippen LogP contribution in [0.5, 0.6) is 0 Å². The summed E-state index contributed by atoms with van der Waals surface area (Å²) < 4.78 is 16.8. The van der Waals surface area contributed by atoms with Gasteiger partial charge < -0.3 is 14.2 Å². The van der Waals surface area contributed by atoms with Crippen molar-refractivity contribution in [2.75, 3.05) is 13.2 Å². The molecule has 0 saturated carbocycles. The highest BCUT2D eigenvalue weighted by Gasteiger charge is 2.19. The predicted octanol–water partition coefficient (Wildman–Crippen LogP) is 20.3. The van der Waals surface area contributed by atoms with Gasteiger partial charge in [0, 0.05) is 19.3 Å². The zero-order chi connectivity index (χ0) is 51.4. The molecule has 1 atom stereocenters. The number of ether oxygens (including phenoxy) is 3. The van der Waals surface area contributed by atoms with E-state index in [-0.39, 0.29) is 31.1 Å². The SMILES string of the molecule is CC/C=C\C/C=C\C/C=C\C/C=C\C/C=C\CCCCCCCCCCCCCC(=O)OCC(COC(=O)CCCCCCC/C=C\CCC)OC(=O)CCCCCCC/C=C\CCCCCCCCC. The summed E-state index contributed by atoms with van der Waals surface area (Å²) in [5, 5.41) is 0. The minimum atomic E-state index is -0.784. The van der Waals surface area contributed by atoms with Gasteiger partial charge in [0.2, 0.25) is 0 Å². The fraction of sp³-hybridized carbons (Fsp3) is 0.738. The number of hydrogen-bond donors (Lipinski definition) is 0. The van der Waals surface area contributed by atoms with Crippen LogP contribution in [0.3, 0.4) is 0 Å². The molecule has 0 N–H and O–H groups in total. The molecule has 0 saturated heterocycles. The minimum absolute atomic E-state index is 0.0829. The Bertz CT molecular complexity index is 1370. The Labute approximate surface area is 439 Å². The first kappa shape index (κ1) is 67.6. The largest absolute Gasteiger partial charge is 0.462 e. The third kappa shape index (κ3) is 57.4. The van der Waals surface area contributed by atoms with E-state index in [9.17, 15) is 14.4 Å². The van der Waals surface area contributed by atoms with Crippen LogP contribution in [0.4, 0.5) is 0 Å². The molecule has 0 fully saturated rings. The topological polar surface area (TPSA) is 78.9 Å². The highest BCUT2D eigenvalue weighted by Crippen LogP contribution is 2.15. The molecule has 0 radical (unpaired) electrons. The second-order valence-electron chi connectivity index (χ2n) is 19.9. The van der Waals surface area contributed by atoms with E-state index in [0.29, 0.717) is 19.3 Å². The monoisotopic (exact) mass is 989 g/mol. The molecular formula is C65H112O6. The fourth-order valence-corrected chi connectivity index (χ4v) is 8.35. The summed E-state index contributed by atoms with van der Waals surface area (Å²) in [6.45, 7) is 6.46. The lowest BCUT2D eigenvalue weighted by atomic mass is 10.0. The number of carbonyl (C=O) groups is 3. The highest BCUT2D eigenvalue weighted by atomic mass is 16.6. The third-order valence-electron chi connectivity index (χ3n) is 12.8. The molecule has 0 rings (SSSR count). The lowest BCUT2D eigenvalue weighted by Gasteiger charge is -2.18. The van der Waals surface area contributed by atoms with Crippen molar-refractivity contribution in [3.63, 3.8) is 0 Å². The van der Waals surface area contributed by atoms with Gasteiger partial charge in [-0.1, -0.05) is 247 Å². The molecule has 0 aliphatic carbocycles. The van der Waals surface area contributed by atoms with E-state index < -0.39 is 6.10 Å². The number of rotatable bonds is 54. The summed E-state index contributed by atoms with van der Waals surface area (Å²) in [6, 6.07) is 0. The van der Waals surface area contributed by atoms with Crippen molar-refractivity contribution in [2.24, 2.45) is 0 Å². The molecule has 408 valence electrons. The normalized spacial score (nSPS) is 12.7. The Kier molecular flexibility index (Phi) is 56.3. The van der Waals surface area contributed by atoms with Gasteiger partial charge in [-0.3, -0.25) is 14.4 Å². The molecular weight excluding hydrogens is 877 g/mol. The maximum Gasteiger partial charge on any atom is 0.306 e. The second kappa shape index (κ2) is 59.2. The van der Waals surface area contributed by atoms with Crippen LogP contribution in [0.2, 0.25) is 0 Å². The fourth-order valence-electron chi connectivity index (χ4n) is 8.35. The number of esters is 3. The van der Waals surface area contributed by atoms with E-state index >= 15 is 0 Å². The molecule has 0 aromatic carbocycles. The van der Waals surface area contributed by atoms with Gasteiger partial charge in [-0.2, -0.15) is 0 Å². The van der Waals surface area contributed by atoms with Crippen LogP contribution in [0.1, 0.15) is 290 Å². The smallest absolute Gasteiger partial charge is 0.306 e. The standard InChI is InChI=1S/C65H112O6/c1-4-7-10-13-16-19-22-24-26-28-29-30-31-32-33-34-35-36-37-38-40-41-43-46-49-52-55-58-64(67)70-61-62(60-69-63(66)57-54-51-48-45-21-18-15-12-9-6-3)71-65(68)59-56-53-50-47-44-42-39-27-25-23-20-17-14-11-8-5-2/h7,10,12,15-16,19,24,26-27,29-30,32-33,39,62H,4-6,8-9,11,13-14,17-18,20-23,25,28,31,34-38,40-61H2,1-3H3/b10-7-,15-12-,19-16-,26-24-,30-29-,33-32-,39-27-. The number of carbonyl (C=O) groups excluding carboxylic acids is 3. The molecule has 71 heavy (non-hydrogen) atoms. The van der Waals surface area contributed by atoms with Gasteiger partial charge in [-0.25, -0.2) is 0 Å². The quantitative estimate of drug-likeness (QED) is 0.0261. The Balaban J connectivity index is 4.24. The molecule has 0 aromatic heterocycles. The van der Waals surface area contributed by atoms with Crippen LogP contribution in [0, 0.1) is 0 Å². The van der Waals surface area contributed by atoms with Crippen LogP contribution in [-0.4, -0.2) is 37.2 Å². The van der Waals surface area contributed by atoms with Crippen molar-refractivity contribution in [2.45, 2.75) is 297 Å². The van der Waals surface area contributed by atoms with Crippen molar-refractivity contribution in [1.29, 1.82) is 0 Å². The van der Waals surface area contributed by atoms with Crippen molar-refractivity contribution < 1.29 is 28.6 Å². The van der Waals surface area contributed by atoms with Gasteiger partial charge in [0.1, 0.15) is 13.2 Å². The van der Waals surface area contributed by atoms with Gasteiger partial charge in [-0.05, 0) is 109 Å². The van der Waals surface area contributed by atoms with Gasteiger partial charge in [0.25, 0.3) is 0 Å². The van der Waals surface area contributed by atoms with Gasteiger partial charge in [0.15, 0.2) is 6.10 Å². The van der Waals surface area contributed by atoms with Crippen molar-refractivity contribution in [3.8, 4) is 0 Å². The number of hydrogen-bond acceptors (Lipinski definition) is 6. The first-order valence-corrected chi connectivity index (χ1v) is 30.1. The average molecular weight is 990 g/mol. The molecule has 0 spiro atoms. The van der Waals surface area contributed by atoms with E-state index in [1.807, 2.05) is 0 Å². The zero-order valence-electron chi connectivity index (χ0n) is 46.7. The Morgan fingerprint density at radius 1 is 0.296 bits per heavy atom. The minimum Gasteiger partial charge on any atom is -0.462 e. The van der Waals surface area contributed by atoms with E-state index in [1.54, 1.807) is 0 Å². The van der Waals surface area contributed by atoms with Crippen LogP contribution in [0.15, 0.2) is 85.1 Å². The molecule has 0 aliphatic rings. The molecule has 6 nitrogen and oxygen atoms in total. The molecule has 6 heteroatoms. The summed E-state index contributed by atoms with van der Waals surface area (Å²) >= 11 is 0. The Morgan fingerprint density at radius 2 is 0.577 bits per heavy atom. The Hall–Kier alpha value is -3.41. The lowest BCUT2D eigenvalue weighted by Crippen LogP contribution is -2.30. The first-order chi connectivity index (χ1) is 35.0. The highest BCUT2D eigenvalue weighted by molar-refractivity contribution is 5.71. The van der Waals surface area contributed by atoms with Gasteiger partial charge >= 0.3 is 17.9 Å². The molecule has 0 amide bonds. The van der Waals surface area contributed by atoms with Crippen molar-refractivity contribution >= 4 is 17.9 Å². The maximum atomic E-state index is 12.8. The summed E-state index contributed by atoms with van der Waals surface area (Å²) in [6.07, 6.45) is 77.3. The Morgan fingerprint density at radius 3 is 0.930 bits per heavy atom. The van der Waals surface area contributed by atoms with E-state index in [1.165, 1.54) is 135 Å². The van der Waals surface area contributed by atoms with Crippen LogP contribution in [-0.2, 0) is 28.6 Å². The van der Waals surface area contributed by atoms with Crippen LogP contribution >= 0.6 is 0 Å². The molecule has 0 heterocycles. The molecule has 0 aromatic rings. The molecule has 1 unspecified atom stereocenters. The summed E-state index contributed by atoms with van der Waals surface area (Å²) in [7, 11) is 0. The van der Waals surface area contributed by atoms with E-state index in [0.717, 1.165) is 116 Å². The first-order valence-electron chi connectivity index (χ1n) is 30.1. The van der Waals surface area contributed by atoms with Crippen molar-refractivity contribution in [1.82, 2.24) is 0 Å². The van der Waals surface area contributed by atoms with Crippen LogP contribution < -0.4 is 0 Å². The summed E-state index contributed by atoms with van der Waals surface area (Å²) in [5.41, 5.74) is 0.